The number of ether oxygens (including phenoxy) is 4. The number of oxazole rings is 1. The van der Waals surface area contributed by atoms with Crippen molar-refractivity contribution in [2.24, 2.45) is 11.8 Å². The molecule has 0 unspecified atom stereocenters. The average molecular weight is 700 g/mol. The standard InChI is InChI=1S/C35H45N3O10S/c1-4-44-33(40)15-14-32-36-29(21-46-32)25-10-12-26(13-11-25)49(42,43)38(19-23(2)3)20-30(39)28(18-24-8-6-5-7-9-24)37-35(41)48-31-22-47-34-27(31)16-17-45-34/h5-13,21,23,27-28,30-31,34,39H,4,14-20,22H2,1-3H3,(H,37,41)/t27-,28-,30+,31-,34+/m0/s1. The quantitative estimate of drug-likeness (QED) is 0.208. The molecule has 1 aromatic heterocycles. The van der Waals surface area contributed by atoms with E-state index in [1.54, 1.807) is 19.1 Å². The first-order valence-corrected chi connectivity index (χ1v) is 18.1. The number of hydrogen-bond donors (Lipinski definition) is 2. The van der Waals surface area contributed by atoms with E-state index < -0.39 is 34.4 Å². The van der Waals surface area contributed by atoms with Crippen LogP contribution >= 0.6 is 0 Å². The average Bonchev–Trinajstić information content (AvgIpc) is 3.83. The minimum atomic E-state index is -4.07. The Balaban J connectivity index is 1.28. The lowest BCUT2D eigenvalue weighted by atomic mass is 10.0. The highest BCUT2D eigenvalue weighted by molar-refractivity contribution is 7.89. The van der Waals surface area contributed by atoms with Crippen LogP contribution < -0.4 is 5.32 Å². The Kier molecular flexibility index (Phi) is 12.4. The molecule has 14 heteroatoms. The molecule has 3 heterocycles. The first-order valence-electron chi connectivity index (χ1n) is 16.7. The predicted octanol–water partition coefficient (Wildman–Crippen LogP) is 3.94. The number of aryl methyl sites for hydroxylation is 1. The first kappa shape index (κ1) is 36.5. The molecule has 0 bridgehead atoms. The number of aliphatic hydroxyl groups excluding tert-OH is 1. The van der Waals surface area contributed by atoms with Gasteiger partial charge in [0.2, 0.25) is 10.0 Å². The second-order valence-corrected chi connectivity index (χ2v) is 14.6. The fourth-order valence-corrected chi connectivity index (χ4v) is 7.60. The molecule has 13 nitrogen and oxygen atoms in total. The number of esters is 1. The number of fused-ring (bicyclic) bond motifs is 1. The normalized spacial score (nSPS) is 20.2. The number of amides is 1. The molecule has 49 heavy (non-hydrogen) atoms. The Labute approximate surface area is 286 Å². The summed E-state index contributed by atoms with van der Waals surface area (Å²) in [5, 5.41) is 14.4. The van der Waals surface area contributed by atoms with Gasteiger partial charge >= 0.3 is 12.1 Å². The molecule has 0 saturated carbocycles. The Hall–Kier alpha value is -3.82. The van der Waals surface area contributed by atoms with Crippen LogP contribution in [0.4, 0.5) is 4.79 Å². The summed E-state index contributed by atoms with van der Waals surface area (Å²) in [5.74, 6) is -0.0813. The van der Waals surface area contributed by atoms with Gasteiger partial charge in [-0.3, -0.25) is 4.79 Å². The van der Waals surface area contributed by atoms with Crippen molar-refractivity contribution in [3.8, 4) is 11.3 Å². The Morgan fingerprint density at radius 3 is 2.55 bits per heavy atom. The first-order chi connectivity index (χ1) is 23.5. The van der Waals surface area contributed by atoms with Crippen molar-refractivity contribution in [3.63, 3.8) is 0 Å². The van der Waals surface area contributed by atoms with E-state index in [1.807, 2.05) is 44.2 Å². The maximum atomic E-state index is 14.0. The molecule has 2 fully saturated rings. The maximum absolute atomic E-state index is 14.0. The molecule has 2 aromatic carbocycles. The van der Waals surface area contributed by atoms with Crippen LogP contribution in [0.2, 0.25) is 0 Å². The molecule has 2 aliphatic rings. The van der Waals surface area contributed by atoms with Gasteiger partial charge in [0.25, 0.3) is 0 Å². The van der Waals surface area contributed by atoms with Gasteiger partial charge in [0.1, 0.15) is 18.1 Å². The largest absolute Gasteiger partial charge is 0.466 e. The summed E-state index contributed by atoms with van der Waals surface area (Å²) in [6.45, 7) is 6.45. The van der Waals surface area contributed by atoms with Gasteiger partial charge in [-0.15, -0.1) is 0 Å². The van der Waals surface area contributed by atoms with Gasteiger partial charge in [0, 0.05) is 25.1 Å². The van der Waals surface area contributed by atoms with Crippen molar-refractivity contribution in [2.45, 2.75) is 75.9 Å². The summed E-state index contributed by atoms with van der Waals surface area (Å²) in [5.41, 5.74) is 1.99. The van der Waals surface area contributed by atoms with Crippen LogP contribution in [0.15, 0.2) is 70.2 Å². The minimum Gasteiger partial charge on any atom is -0.466 e. The lowest BCUT2D eigenvalue weighted by molar-refractivity contribution is -0.143. The number of hydrogen-bond acceptors (Lipinski definition) is 11. The molecule has 0 spiro atoms. The number of nitrogens with one attached hydrogen (secondary N) is 1. The van der Waals surface area contributed by atoms with E-state index in [9.17, 15) is 23.1 Å². The van der Waals surface area contributed by atoms with Gasteiger partial charge in [-0.25, -0.2) is 18.2 Å². The summed E-state index contributed by atoms with van der Waals surface area (Å²) in [6.07, 6.45) is -0.0126. The fourth-order valence-electron chi connectivity index (χ4n) is 5.98. The number of aliphatic hydroxyl groups is 1. The van der Waals surface area contributed by atoms with Crippen molar-refractivity contribution in [2.75, 3.05) is 32.9 Å². The number of nitrogens with zero attached hydrogens (tertiary/aromatic N) is 2. The van der Waals surface area contributed by atoms with E-state index in [1.165, 1.54) is 22.7 Å². The molecule has 2 N–H and O–H groups in total. The van der Waals surface area contributed by atoms with E-state index >= 15 is 0 Å². The molecule has 5 rings (SSSR count). The van der Waals surface area contributed by atoms with E-state index in [0.717, 1.165) is 12.0 Å². The molecule has 5 atom stereocenters. The molecule has 2 aliphatic heterocycles. The number of rotatable bonds is 16. The van der Waals surface area contributed by atoms with Crippen LogP contribution in [0.3, 0.4) is 0 Å². The minimum absolute atomic E-state index is 0.0386. The van der Waals surface area contributed by atoms with E-state index in [2.05, 4.69) is 10.3 Å². The Morgan fingerprint density at radius 2 is 1.84 bits per heavy atom. The van der Waals surface area contributed by atoms with Crippen molar-refractivity contribution < 1.29 is 46.5 Å². The monoisotopic (exact) mass is 699 g/mol. The highest BCUT2D eigenvalue weighted by atomic mass is 32.2. The fraction of sp³-hybridized carbons (Fsp3) is 0.514. The van der Waals surface area contributed by atoms with Crippen LogP contribution in [-0.4, -0.2) is 92.3 Å². The van der Waals surface area contributed by atoms with Crippen LogP contribution in [-0.2, 0) is 46.6 Å². The summed E-state index contributed by atoms with van der Waals surface area (Å²) in [4.78, 5) is 29.2. The summed E-state index contributed by atoms with van der Waals surface area (Å²) >= 11 is 0. The van der Waals surface area contributed by atoms with Crippen molar-refractivity contribution in [3.05, 3.63) is 72.3 Å². The maximum Gasteiger partial charge on any atom is 0.407 e. The second kappa shape index (κ2) is 16.7. The van der Waals surface area contributed by atoms with Gasteiger partial charge in [-0.1, -0.05) is 56.3 Å². The number of alkyl carbamates (subject to hydrolysis) is 1. The number of carbonyl (C=O) groups is 2. The third kappa shape index (κ3) is 9.67. The van der Waals surface area contributed by atoms with Gasteiger partial charge in [-0.05, 0) is 43.4 Å². The van der Waals surface area contributed by atoms with Crippen molar-refractivity contribution in [1.82, 2.24) is 14.6 Å². The zero-order chi connectivity index (χ0) is 35.0. The number of benzene rings is 2. The SMILES string of the molecule is CCOC(=O)CCc1nc(-c2ccc(S(=O)(=O)N(CC(C)C)C[C@@H](O)[C@H](Cc3ccccc3)NC(=O)O[C@H]3CO[C@H]4OCC[C@H]43)cc2)co1. The van der Waals surface area contributed by atoms with Gasteiger partial charge in [0.05, 0.1) is 49.2 Å². The van der Waals surface area contributed by atoms with E-state index in [0.29, 0.717) is 30.4 Å². The highest BCUT2D eigenvalue weighted by Crippen LogP contribution is 2.33. The molecular formula is C35H45N3O10S. The lowest BCUT2D eigenvalue weighted by Gasteiger charge is -2.31. The van der Waals surface area contributed by atoms with Crippen molar-refractivity contribution in [1.29, 1.82) is 0 Å². The third-order valence-corrected chi connectivity index (χ3v) is 10.3. The van der Waals surface area contributed by atoms with E-state index in [-0.39, 0.29) is 67.9 Å². The number of aromatic nitrogens is 1. The smallest absolute Gasteiger partial charge is 0.407 e. The zero-order valence-corrected chi connectivity index (χ0v) is 28.8. The molecule has 0 aliphatic carbocycles. The molecule has 266 valence electrons. The topological polar surface area (TPSA) is 167 Å². The van der Waals surface area contributed by atoms with Gasteiger partial charge in [0.15, 0.2) is 12.2 Å². The summed E-state index contributed by atoms with van der Waals surface area (Å²) < 4.78 is 56.5. The van der Waals surface area contributed by atoms with Crippen LogP contribution in [0.5, 0.6) is 0 Å². The molecule has 1 amide bonds. The number of carbonyl (C=O) groups excluding carboxylic acids is 2. The summed E-state index contributed by atoms with van der Waals surface area (Å²) in [7, 11) is -4.07. The van der Waals surface area contributed by atoms with Crippen molar-refractivity contribution >= 4 is 22.1 Å². The van der Waals surface area contributed by atoms with Crippen LogP contribution in [0.25, 0.3) is 11.3 Å². The Bertz CT molecular complexity index is 1630. The van der Waals surface area contributed by atoms with Crippen LogP contribution in [0, 0.1) is 11.8 Å². The van der Waals surface area contributed by atoms with Crippen LogP contribution in [0.1, 0.15) is 45.1 Å². The molecular weight excluding hydrogens is 654 g/mol. The van der Waals surface area contributed by atoms with E-state index in [4.69, 9.17) is 23.4 Å². The lowest BCUT2D eigenvalue weighted by Crippen LogP contribution is -2.51. The molecule has 2 saturated heterocycles. The molecule has 0 radical (unpaired) electrons. The Morgan fingerprint density at radius 1 is 1.08 bits per heavy atom. The van der Waals surface area contributed by atoms with Gasteiger partial charge < -0.3 is 33.8 Å². The summed E-state index contributed by atoms with van der Waals surface area (Å²) in [6, 6.07) is 14.7. The number of sulfonamides is 1. The predicted molar refractivity (Wildman–Crippen MR) is 178 cm³/mol. The zero-order valence-electron chi connectivity index (χ0n) is 28.0. The molecule has 3 aromatic rings. The second-order valence-electron chi connectivity index (χ2n) is 12.6. The third-order valence-electron chi connectivity index (χ3n) is 8.46. The highest BCUT2D eigenvalue weighted by Gasteiger charge is 2.44. The van der Waals surface area contributed by atoms with Gasteiger partial charge in [-0.2, -0.15) is 4.31 Å².